The summed E-state index contributed by atoms with van der Waals surface area (Å²) in [6, 6.07) is 5.99. The van der Waals surface area contributed by atoms with Crippen molar-refractivity contribution in [1.82, 2.24) is 5.32 Å². The van der Waals surface area contributed by atoms with Gasteiger partial charge in [-0.25, -0.2) is 13.2 Å². The van der Waals surface area contributed by atoms with Crippen LogP contribution in [-0.2, 0) is 20.6 Å². The van der Waals surface area contributed by atoms with Crippen LogP contribution in [0, 0.1) is 0 Å². The van der Waals surface area contributed by atoms with E-state index in [1.807, 2.05) is 0 Å². The molecule has 1 atom stereocenters. The standard InChI is InChI=1S/C16H24N2O4S2/c1-23(20)11-5-10-17-16(19)18-13-6-4-9-15(12-13)24(21,22)14-7-2-3-8-14/h4,6,9,12,14H,2-3,5,7-8,10-11H2,1H3,(H2,17,18,19)/t23-/m1/s1. The molecule has 1 aromatic rings. The third kappa shape index (κ3) is 5.31. The Morgan fingerprint density at radius 2 is 2.00 bits per heavy atom. The minimum absolute atomic E-state index is 0.258. The van der Waals surface area contributed by atoms with E-state index in [0.717, 1.165) is 12.8 Å². The second kappa shape index (κ2) is 8.62. The lowest BCUT2D eigenvalue weighted by Crippen LogP contribution is -2.30. The number of nitrogens with one attached hydrogen (secondary N) is 2. The Hall–Kier alpha value is -1.41. The van der Waals surface area contributed by atoms with Gasteiger partial charge >= 0.3 is 6.03 Å². The van der Waals surface area contributed by atoms with Crippen LogP contribution < -0.4 is 10.6 Å². The summed E-state index contributed by atoms with van der Waals surface area (Å²) in [6.07, 6.45) is 5.57. The van der Waals surface area contributed by atoms with Crippen LogP contribution in [0.4, 0.5) is 10.5 Å². The van der Waals surface area contributed by atoms with Gasteiger partial charge in [0.1, 0.15) is 0 Å². The summed E-state index contributed by atoms with van der Waals surface area (Å²) in [7, 11) is -4.20. The summed E-state index contributed by atoms with van der Waals surface area (Å²) in [5.41, 5.74) is 0.450. The van der Waals surface area contributed by atoms with Crippen molar-refractivity contribution in [1.29, 1.82) is 0 Å². The number of benzene rings is 1. The average Bonchev–Trinajstić information content (AvgIpc) is 3.07. The van der Waals surface area contributed by atoms with Crippen molar-refractivity contribution < 1.29 is 17.4 Å². The molecule has 2 N–H and O–H groups in total. The molecule has 0 aliphatic heterocycles. The molecule has 0 unspecified atom stereocenters. The van der Waals surface area contributed by atoms with Gasteiger partial charge in [0.15, 0.2) is 9.84 Å². The maximum absolute atomic E-state index is 12.6. The molecule has 134 valence electrons. The van der Waals surface area contributed by atoms with Crippen molar-refractivity contribution in [3.8, 4) is 0 Å². The Bertz CT molecular complexity index is 698. The van der Waals surface area contributed by atoms with E-state index in [1.54, 1.807) is 24.5 Å². The molecule has 0 heterocycles. The number of carbonyl (C=O) groups is 1. The lowest BCUT2D eigenvalue weighted by molar-refractivity contribution is 0.252. The molecular weight excluding hydrogens is 348 g/mol. The Morgan fingerprint density at radius 3 is 2.67 bits per heavy atom. The maximum Gasteiger partial charge on any atom is 0.319 e. The number of sulfone groups is 1. The van der Waals surface area contributed by atoms with Gasteiger partial charge < -0.3 is 10.6 Å². The van der Waals surface area contributed by atoms with Gasteiger partial charge in [-0.3, -0.25) is 4.21 Å². The summed E-state index contributed by atoms with van der Waals surface area (Å²) in [4.78, 5) is 12.1. The monoisotopic (exact) mass is 372 g/mol. The molecule has 0 saturated heterocycles. The fourth-order valence-corrected chi connectivity index (χ4v) is 5.24. The SMILES string of the molecule is C[S@@](=O)CCCNC(=O)Nc1cccc(S(=O)(=O)C2CCCC2)c1. The quantitative estimate of drug-likeness (QED) is 0.718. The largest absolute Gasteiger partial charge is 0.338 e. The molecule has 0 spiro atoms. The first kappa shape index (κ1) is 18.9. The van der Waals surface area contributed by atoms with Crippen molar-refractivity contribution in [2.75, 3.05) is 23.9 Å². The van der Waals surface area contributed by atoms with Crippen LogP contribution in [0.5, 0.6) is 0 Å². The first-order chi connectivity index (χ1) is 11.4. The normalized spacial score (nSPS) is 16.7. The zero-order valence-electron chi connectivity index (χ0n) is 13.8. The van der Waals surface area contributed by atoms with Crippen molar-refractivity contribution >= 4 is 32.4 Å². The number of anilines is 1. The van der Waals surface area contributed by atoms with Gasteiger partial charge in [-0.05, 0) is 37.5 Å². The molecule has 1 saturated carbocycles. The lowest BCUT2D eigenvalue weighted by atomic mass is 10.3. The Balaban J connectivity index is 1.95. The average molecular weight is 373 g/mol. The fraction of sp³-hybridized carbons (Fsp3) is 0.562. The lowest BCUT2D eigenvalue weighted by Gasteiger charge is -2.13. The molecule has 1 fully saturated rings. The second-order valence-electron chi connectivity index (χ2n) is 5.99. The number of urea groups is 1. The molecule has 1 aromatic carbocycles. The predicted molar refractivity (Wildman–Crippen MR) is 96.5 cm³/mol. The van der Waals surface area contributed by atoms with Crippen LogP contribution in [0.15, 0.2) is 29.2 Å². The van der Waals surface area contributed by atoms with Gasteiger partial charge in [-0.2, -0.15) is 0 Å². The van der Waals surface area contributed by atoms with Gasteiger partial charge in [0.05, 0.1) is 10.1 Å². The molecule has 8 heteroatoms. The van der Waals surface area contributed by atoms with E-state index < -0.39 is 26.7 Å². The van der Waals surface area contributed by atoms with Gasteiger partial charge in [0.2, 0.25) is 0 Å². The summed E-state index contributed by atoms with van der Waals surface area (Å²) in [6.45, 7) is 0.422. The van der Waals surface area contributed by atoms with Crippen LogP contribution in [-0.4, -0.2) is 42.5 Å². The highest BCUT2D eigenvalue weighted by Crippen LogP contribution is 2.30. The molecule has 1 aliphatic rings. The van der Waals surface area contributed by atoms with Crippen molar-refractivity contribution in [3.05, 3.63) is 24.3 Å². The van der Waals surface area contributed by atoms with Crippen LogP contribution in [0.3, 0.4) is 0 Å². The zero-order chi connectivity index (χ0) is 17.6. The van der Waals surface area contributed by atoms with Crippen LogP contribution in [0.25, 0.3) is 0 Å². The summed E-state index contributed by atoms with van der Waals surface area (Å²) in [5.74, 6) is 0.537. The first-order valence-corrected chi connectivity index (χ1v) is 11.4. The van der Waals surface area contributed by atoms with Gasteiger partial charge in [-0.15, -0.1) is 0 Å². The number of rotatable bonds is 7. The molecular formula is C16H24N2O4S2. The van der Waals surface area contributed by atoms with E-state index in [4.69, 9.17) is 0 Å². The number of amides is 2. The summed E-state index contributed by atoms with van der Waals surface area (Å²) in [5, 5.41) is 5.00. The van der Waals surface area contributed by atoms with Gasteiger partial charge in [-0.1, -0.05) is 18.9 Å². The van der Waals surface area contributed by atoms with E-state index >= 15 is 0 Å². The molecule has 2 amide bonds. The first-order valence-electron chi connectivity index (χ1n) is 8.08. The molecule has 0 bridgehead atoms. The Morgan fingerprint density at radius 1 is 1.29 bits per heavy atom. The van der Waals surface area contributed by atoms with Crippen molar-refractivity contribution in [2.24, 2.45) is 0 Å². The zero-order valence-corrected chi connectivity index (χ0v) is 15.4. The van der Waals surface area contributed by atoms with Crippen LogP contribution in [0.1, 0.15) is 32.1 Å². The molecule has 24 heavy (non-hydrogen) atoms. The Kier molecular flexibility index (Phi) is 6.79. The van der Waals surface area contributed by atoms with E-state index in [0.29, 0.717) is 37.2 Å². The third-order valence-electron chi connectivity index (χ3n) is 4.06. The minimum atomic E-state index is -3.33. The summed E-state index contributed by atoms with van der Waals surface area (Å²) < 4.78 is 36.1. The third-order valence-corrected chi connectivity index (χ3v) is 7.18. The topological polar surface area (TPSA) is 92.3 Å². The van der Waals surface area contributed by atoms with E-state index in [2.05, 4.69) is 10.6 Å². The van der Waals surface area contributed by atoms with E-state index in [1.165, 1.54) is 6.07 Å². The maximum atomic E-state index is 12.6. The molecule has 1 aliphatic carbocycles. The fourth-order valence-electron chi connectivity index (χ4n) is 2.79. The van der Waals surface area contributed by atoms with Crippen molar-refractivity contribution in [3.63, 3.8) is 0 Å². The van der Waals surface area contributed by atoms with E-state index in [-0.39, 0.29) is 10.1 Å². The number of carbonyl (C=O) groups excluding carboxylic acids is 1. The molecule has 6 nitrogen and oxygen atoms in total. The van der Waals surface area contributed by atoms with Crippen molar-refractivity contribution in [2.45, 2.75) is 42.2 Å². The highest BCUT2D eigenvalue weighted by Gasteiger charge is 2.30. The molecule has 0 aromatic heterocycles. The minimum Gasteiger partial charge on any atom is -0.338 e. The van der Waals surface area contributed by atoms with E-state index in [9.17, 15) is 17.4 Å². The van der Waals surface area contributed by atoms with Gasteiger partial charge in [0, 0.05) is 35.0 Å². The molecule has 2 rings (SSSR count). The number of hydrogen-bond acceptors (Lipinski definition) is 4. The molecule has 0 radical (unpaired) electrons. The van der Waals surface area contributed by atoms with Crippen LogP contribution >= 0.6 is 0 Å². The number of hydrogen-bond donors (Lipinski definition) is 2. The highest BCUT2D eigenvalue weighted by atomic mass is 32.2. The highest BCUT2D eigenvalue weighted by molar-refractivity contribution is 7.92. The Labute approximate surface area is 145 Å². The summed E-state index contributed by atoms with van der Waals surface area (Å²) >= 11 is 0. The second-order valence-corrected chi connectivity index (χ2v) is 9.77. The van der Waals surface area contributed by atoms with Crippen LogP contribution in [0.2, 0.25) is 0 Å². The van der Waals surface area contributed by atoms with Gasteiger partial charge in [0.25, 0.3) is 0 Å². The smallest absolute Gasteiger partial charge is 0.319 e. The predicted octanol–water partition coefficient (Wildman–Crippen LogP) is 2.29.